The van der Waals surface area contributed by atoms with Gasteiger partial charge in [-0.15, -0.1) is 0 Å². The number of amides is 1. The molecule has 1 saturated heterocycles. The molecule has 11 heteroatoms. The van der Waals surface area contributed by atoms with Crippen LogP contribution in [-0.2, 0) is 13.8 Å². The highest BCUT2D eigenvalue weighted by Gasteiger charge is 2.48. The maximum atomic E-state index is 11.2. The molecule has 4 N–H and O–H groups in total. The lowest BCUT2D eigenvalue weighted by atomic mass is 10.1. The summed E-state index contributed by atoms with van der Waals surface area (Å²) in [7, 11) is 0. The van der Waals surface area contributed by atoms with Gasteiger partial charge in [0.2, 0.25) is 0 Å². The third-order valence-electron chi connectivity index (χ3n) is 3.13. The maximum Gasteiger partial charge on any atom is 0.380 e. The Hall–Kier alpha value is -0.730. The molecular formula is C11H14Cl2N2O6P+. The maximum absolute atomic E-state index is 11.2. The smallest absolute Gasteiger partial charge is 0.380 e. The summed E-state index contributed by atoms with van der Waals surface area (Å²) in [4.78, 5) is 11.2. The zero-order valence-corrected chi connectivity index (χ0v) is 13.5. The lowest BCUT2D eigenvalue weighted by molar-refractivity contribution is -0.765. The SMILES string of the molecule is NC(=O)c1ccc[n+]([C@H]2O[C@H](COP(=O)(Cl)Cl)[C@@H](O)[C@H]2O)c1. The average molecular weight is 372 g/mol. The van der Waals surface area contributed by atoms with Crippen LogP contribution in [0.1, 0.15) is 16.6 Å². The van der Waals surface area contributed by atoms with Crippen molar-refractivity contribution in [2.45, 2.75) is 24.5 Å². The second kappa shape index (κ2) is 6.80. The molecule has 0 unspecified atom stereocenters. The van der Waals surface area contributed by atoms with E-state index in [-0.39, 0.29) is 12.2 Å². The molecule has 2 heterocycles. The number of aliphatic hydroxyl groups excluding tert-OH is 2. The summed E-state index contributed by atoms with van der Waals surface area (Å²) >= 11 is 10.5. The summed E-state index contributed by atoms with van der Waals surface area (Å²) in [5.41, 5.74) is 5.39. The van der Waals surface area contributed by atoms with Gasteiger partial charge in [0, 0.05) is 6.07 Å². The van der Waals surface area contributed by atoms with Crippen LogP contribution in [0.4, 0.5) is 0 Å². The second-order valence-corrected chi connectivity index (χ2v) is 8.94. The summed E-state index contributed by atoms with van der Waals surface area (Å²) in [5, 5.41) is 20.0. The number of hydrogen-bond donors (Lipinski definition) is 3. The van der Waals surface area contributed by atoms with Gasteiger partial charge in [-0.25, -0.2) is 0 Å². The zero-order valence-electron chi connectivity index (χ0n) is 11.1. The van der Waals surface area contributed by atoms with Crippen LogP contribution in [0, 0.1) is 0 Å². The highest BCUT2D eigenvalue weighted by Crippen LogP contribution is 2.57. The van der Waals surface area contributed by atoms with Crippen molar-refractivity contribution < 1.29 is 33.4 Å². The first-order valence-corrected chi connectivity index (χ1v) is 9.58. The summed E-state index contributed by atoms with van der Waals surface area (Å²) < 4.78 is 22.6. The highest BCUT2D eigenvalue weighted by molar-refractivity contribution is 8.05. The third-order valence-corrected chi connectivity index (χ3v) is 4.16. The van der Waals surface area contributed by atoms with Gasteiger partial charge in [0.1, 0.15) is 17.8 Å². The number of primary amides is 1. The highest BCUT2D eigenvalue weighted by atomic mass is 35.9. The van der Waals surface area contributed by atoms with Crippen molar-refractivity contribution >= 4 is 34.5 Å². The first-order chi connectivity index (χ1) is 10.2. The molecule has 0 saturated carbocycles. The van der Waals surface area contributed by atoms with Crippen LogP contribution in [0.3, 0.4) is 0 Å². The van der Waals surface area contributed by atoms with Crippen LogP contribution >= 0.6 is 28.6 Å². The number of hydrogen-bond acceptors (Lipinski definition) is 6. The Labute approximate surface area is 135 Å². The van der Waals surface area contributed by atoms with Crippen LogP contribution in [0.5, 0.6) is 0 Å². The number of aliphatic hydroxyl groups is 2. The summed E-state index contributed by atoms with van der Waals surface area (Å²) in [6, 6.07) is 3.03. The van der Waals surface area contributed by atoms with E-state index in [0.717, 1.165) is 0 Å². The molecule has 1 fully saturated rings. The van der Waals surface area contributed by atoms with Gasteiger partial charge in [0.15, 0.2) is 18.5 Å². The number of ether oxygens (including phenoxy) is 1. The van der Waals surface area contributed by atoms with Gasteiger partial charge in [-0.3, -0.25) is 9.36 Å². The molecule has 2 rings (SSSR count). The van der Waals surface area contributed by atoms with E-state index >= 15 is 0 Å². The van der Waals surface area contributed by atoms with Gasteiger partial charge in [0.05, 0.1) is 6.61 Å². The summed E-state index contributed by atoms with van der Waals surface area (Å²) in [6.07, 6.45) is -5.44. The minimum atomic E-state index is -3.77. The van der Waals surface area contributed by atoms with E-state index in [0.29, 0.717) is 0 Å². The monoisotopic (exact) mass is 371 g/mol. The van der Waals surface area contributed by atoms with Gasteiger partial charge >= 0.3 is 6.07 Å². The van der Waals surface area contributed by atoms with Crippen molar-refractivity contribution in [1.82, 2.24) is 0 Å². The Kier molecular flexibility index (Phi) is 5.45. The first kappa shape index (κ1) is 17.6. The van der Waals surface area contributed by atoms with Crippen LogP contribution in [-0.4, -0.2) is 41.0 Å². The molecule has 1 amide bonds. The molecule has 1 aliphatic rings. The predicted octanol–water partition coefficient (Wildman–Crippen LogP) is 0.295. The van der Waals surface area contributed by atoms with E-state index < -0.39 is 36.5 Å². The van der Waals surface area contributed by atoms with E-state index in [4.69, 9.17) is 33.0 Å². The Morgan fingerprint density at radius 3 is 2.73 bits per heavy atom. The van der Waals surface area contributed by atoms with Crippen molar-refractivity contribution in [1.29, 1.82) is 0 Å². The van der Waals surface area contributed by atoms with Crippen molar-refractivity contribution in [2.24, 2.45) is 5.73 Å². The van der Waals surface area contributed by atoms with E-state index in [9.17, 15) is 19.6 Å². The summed E-state index contributed by atoms with van der Waals surface area (Å²) in [5.74, 6) is -0.646. The third kappa shape index (κ3) is 4.17. The number of rotatable bonds is 5. The van der Waals surface area contributed by atoms with Crippen molar-refractivity contribution in [2.75, 3.05) is 6.61 Å². The van der Waals surface area contributed by atoms with Crippen molar-refractivity contribution in [3.05, 3.63) is 30.1 Å². The number of nitrogens with two attached hydrogens (primary N) is 1. The van der Waals surface area contributed by atoms with Crippen LogP contribution < -0.4 is 10.3 Å². The standard InChI is InChI=1S/C11H13Cl2N2O6P/c12-22(13,19)20-5-7-8(16)9(17)11(21-7)15-3-1-2-6(4-15)10(14)18/h1-4,7-9,11,16-17H,5H2,(H-,14,18)/p+1/t7-,8-,9-,11+/m1/s1. The van der Waals surface area contributed by atoms with E-state index in [1.54, 1.807) is 0 Å². The molecule has 0 radical (unpaired) electrons. The number of halogens is 2. The molecule has 0 aromatic carbocycles. The zero-order chi connectivity index (χ0) is 16.5. The van der Waals surface area contributed by atoms with Crippen LogP contribution in [0.15, 0.2) is 24.5 Å². The van der Waals surface area contributed by atoms with Crippen LogP contribution in [0.2, 0.25) is 0 Å². The number of nitrogens with zero attached hydrogens (tertiary/aromatic N) is 1. The first-order valence-electron chi connectivity index (χ1n) is 6.15. The fourth-order valence-corrected chi connectivity index (χ4v) is 2.73. The fraction of sp³-hybridized carbons (Fsp3) is 0.455. The van der Waals surface area contributed by atoms with Gasteiger partial charge in [-0.1, -0.05) is 0 Å². The number of pyridine rings is 1. The Morgan fingerprint density at radius 2 is 2.14 bits per heavy atom. The molecule has 1 aliphatic heterocycles. The quantitative estimate of drug-likeness (QED) is 0.505. The predicted molar refractivity (Wildman–Crippen MR) is 76.3 cm³/mol. The average Bonchev–Trinajstić information content (AvgIpc) is 2.72. The molecule has 0 aliphatic carbocycles. The lowest BCUT2D eigenvalue weighted by Crippen LogP contribution is -2.46. The van der Waals surface area contributed by atoms with Gasteiger partial charge in [-0.2, -0.15) is 4.57 Å². The molecule has 122 valence electrons. The Bertz CT molecular complexity index is 612. The molecular weight excluding hydrogens is 358 g/mol. The number of carbonyl (C=O) groups excluding carboxylic acids is 1. The minimum absolute atomic E-state index is 0.207. The normalized spacial score (nSPS) is 28.7. The Balaban J connectivity index is 2.14. The van der Waals surface area contributed by atoms with Crippen molar-refractivity contribution in [3.63, 3.8) is 0 Å². The van der Waals surface area contributed by atoms with E-state index in [1.807, 2.05) is 0 Å². The molecule has 4 atom stereocenters. The van der Waals surface area contributed by atoms with Crippen LogP contribution in [0.25, 0.3) is 0 Å². The van der Waals surface area contributed by atoms with Gasteiger partial charge < -0.3 is 25.2 Å². The number of aromatic nitrogens is 1. The van der Waals surface area contributed by atoms with Gasteiger partial charge in [0.25, 0.3) is 12.1 Å². The minimum Gasteiger partial charge on any atom is -0.387 e. The topological polar surface area (TPSA) is 123 Å². The largest absolute Gasteiger partial charge is 0.387 e. The molecule has 1 aromatic rings. The second-order valence-electron chi connectivity index (χ2n) is 4.66. The molecule has 22 heavy (non-hydrogen) atoms. The molecule has 0 spiro atoms. The van der Waals surface area contributed by atoms with E-state index in [1.165, 1.54) is 29.1 Å². The molecule has 8 nitrogen and oxygen atoms in total. The fourth-order valence-electron chi connectivity index (χ4n) is 2.07. The number of carbonyl (C=O) groups is 1. The summed E-state index contributed by atoms with van der Waals surface area (Å²) in [6.45, 7) is -0.366. The molecule has 1 aromatic heterocycles. The lowest BCUT2D eigenvalue weighted by Gasteiger charge is -2.13. The molecule has 0 bridgehead atoms. The van der Waals surface area contributed by atoms with Crippen molar-refractivity contribution in [3.8, 4) is 0 Å². The van der Waals surface area contributed by atoms with E-state index in [2.05, 4.69) is 4.52 Å². The Morgan fingerprint density at radius 1 is 1.45 bits per heavy atom. The van der Waals surface area contributed by atoms with Gasteiger partial charge in [-0.05, 0) is 28.5 Å².